The molecule has 8 nitrogen and oxygen atoms in total. The Morgan fingerprint density at radius 1 is 1.08 bits per heavy atom. The van der Waals surface area contributed by atoms with Gasteiger partial charge in [0.1, 0.15) is 5.75 Å². The number of amidine groups is 1. The Labute approximate surface area is 225 Å². The lowest BCUT2D eigenvalue weighted by Crippen LogP contribution is -2.36. The summed E-state index contributed by atoms with van der Waals surface area (Å²) in [4.78, 5) is 34.0. The van der Waals surface area contributed by atoms with Gasteiger partial charge in [-0.05, 0) is 59.8 Å². The maximum atomic E-state index is 13.6. The smallest absolute Gasteiger partial charge is 0.335 e. The average molecular weight is 530 g/mol. The number of hydrogen-bond acceptors (Lipinski definition) is 7. The van der Waals surface area contributed by atoms with Crippen LogP contribution in [0.2, 0.25) is 0 Å². The van der Waals surface area contributed by atoms with Crippen LogP contribution in [0.4, 0.5) is 11.4 Å². The quantitative estimate of drug-likeness (QED) is 0.429. The molecular formula is C29H27N3O5S. The molecule has 5 rings (SSSR count). The number of carbonyl (C=O) groups is 2. The van der Waals surface area contributed by atoms with E-state index in [4.69, 9.17) is 14.5 Å². The minimum atomic E-state index is -0.991. The number of aromatic carboxylic acids is 1. The summed E-state index contributed by atoms with van der Waals surface area (Å²) in [5.41, 5.74) is 3.59. The Balaban J connectivity index is 1.45. The van der Waals surface area contributed by atoms with Crippen LogP contribution in [0.3, 0.4) is 0 Å². The largest absolute Gasteiger partial charge is 0.496 e. The summed E-state index contributed by atoms with van der Waals surface area (Å²) in [7, 11) is 1.62. The maximum Gasteiger partial charge on any atom is 0.335 e. The highest BCUT2D eigenvalue weighted by Gasteiger charge is 2.34. The van der Waals surface area contributed by atoms with Gasteiger partial charge in [0.2, 0.25) is 0 Å². The molecule has 9 heteroatoms. The third-order valence-electron chi connectivity index (χ3n) is 6.29. The molecule has 0 aromatic heterocycles. The van der Waals surface area contributed by atoms with Crippen molar-refractivity contribution < 1.29 is 24.2 Å². The lowest BCUT2D eigenvalue weighted by Gasteiger charge is -2.29. The molecule has 38 heavy (non-hydrogen) atoms. The van der Waals surface area contributed by atoms with Crippen LogP contribution in [0.15, 0.2) is 82.7 Å². The first-order valence-corrected chi connectivity index (χ1v) is 13.0. The first-order valence-electron chi connectivity index (χ1n) is 12.2. The van der Waals surface area contributed by atoms with Crippen molar-refractivity contribution in [2.24, 2.45) is 4.99 Å². The zero-order valence-corrected chi connectivity index (χ0v) is 21.7. The molecular weight excluding hydrogens is 502 g/mol. The Morgan fingerprint density at radius 3 is 2.50 bits per heavy atom. The predicted molar refractivity (Wildman–Crippen MR) is 149 cm³/mol. The number of methoxy groups -OCH3 is 1. The first kappa shape index (κ1) is 25.6. The zero-order chi connectivity index (χ0) is 26.5. The molecule has 0 aliphatic carbocycles. The van der Waals surface area contributed by atoms with Crippen molar-refractivity contribution in [2.75, 3.05) is 38.3 Å². The number of para-hydroxylation sites is 1. The lowest BCUT2D eigenvalue weighted by molar-refractivity contribution is -0.122. The Morgan fingerprint density at radius 2 is 1.82 bits per heavy atom. The lowest BCUT2D eigenvalue weighted by atomic mass is 10.1. The summed E-state index contributed by atoms with van der Waals surface area (Å²) < 4.78 is 11.1. The number of nitrogens with zero attached hydrogens (tertiary/aromatic N) is 3. The van der Waals surface area contributed by atoms with Gasteiger partial charge in [0, 0.05) is 30.4 Å². The molecule has 0 spiro atoms. The molecule has 2 heterocycles. The zero-order valence-electron chi connectivity index (χ0n) is 20.9. The van der Waals surface area contributed by atoms with Crippen LogP contribution in [0.25, 0.3) is 6.08 Å². The van der Waals surface area contributed by atoms with Crippen molar-refractivity contribution in [3.05, 3.63) is 94.4 Å². The fourth-order valence-electron chi connectivity index (χ4n) is 4.26. The summed E-state index contributed by atoms with van der Waals surface area (Å²) in [6, 6.07) is 22.0. The van der Waals surface area contributed by atoms with E-state index in [1.165, 1.54) is 23.9 Å². The summed E-state index contributed by atoms with van der Waals surface area (Å²) in [6.45, 7) is 3.29. The maximum absolute atomic E-state index is 13.6. The van der Waals surface area contributed by atoms with Crippen LogP contribution < -0.4 is 9.64 Å². The first-order chi connectivity index (χ1) is 18.5. The van der Waals surface area contributed by atoms with Gasteiger partial charge in [-0.2, -0.15) is 0 Å². The standard InChI is InChI=1S/C29H27N3O5S/c1-36-25-18-24(31-13-15-37-16-14-31)12-11-22(25)17-26-27(33)32(19-20-7-9-21(10-8-20)28(34)35)29(38-26)30-23-5-3-2-4-6-23/h2-12,17-18H,13-16,19H2,1H3,(H,34,35)/b26-17-,30-29?. The van der Waals surface area contributed by atoms with E-state index in [-0.39, 0.29) is 18.0 Å². The average Bonchev–Trinajstić information content (AvgIpc) is 3.23. The van der Waals surface area contributed by atoms with Crippen LogP contribution in [0, 0.1) is 0 Å². The molecule has 194 valence electrons. The van der Waals surface area contributed by atoms with E-state index in [0.29, 0.717) is 29.0 Å². The molecule has 1 amide bonds. The molecule has 0 atom stereocenters. The molecule has 0 saturated carbocycles. The van der Waals surface area contributed by atoms with Gasteiger partial charge >= 0.3 is 5.97 Å². The van der Waals surface area contributed by atoms with Crippen LogP contribution in [-0.4, -0.2) is 60.5 Å². The van der Waals surface area contributed by atoms with Crippen molar-refractivity contribution in [1.82, 2.24) is 4.90 Å². The number of carboxylic acid groups (broad SMARTS) is 1. The molecule has 1 N–H and O–H groups in total. The number of amides is 1. The van der Waals surface area contributed by atoms with E-state index >= 15 is 0 Å². The Kier molecular flexibility index (Phi) is 7.76. The van der Waals surface area contributed by atoms with Crippen LogP contribution >= 0.6 is 11.8 Å². The third kappa shape index (κ3) is 5.74. The van der Waals surface area contributed by atoms with Crippen LogP contribution in [0.5, 0.6) is 5.75 Å². The molecule has 0 bridgehead atoms. The highest BCUT2D eigenvalue weighted by molar-refractivity contribution is 8.18. The van der Waals surface area contributed by atoms with Crippen molar-refractivity contribution in [2.45, 2.75) is 6.54 Å². The number of rotatable bonds is 7. The fourth-order valence-corrected chi connectivity index (χ4v) is 5.25. The molecule has 2 fully saturated rings. The number of benzene rings is 3. The number of thioether (sulfide) groups is 1. The van der Waals surface area contributed by atoms with Gasteiger partial charge in [0.05, 0.1) is 43.0 Å². The van der Waals surface area contributed by atoms with Gasteiger partial charge in [0.15, 0.2) is 5.17 Å². The number of anilines is 1. The van der Waals surface area contributed by atoms with Gasteiger partial charge in [-0.1, -0.05) is 30.3 Å². The molecule has 2 saturated heterocycles. The van der Waals surface area contributed by atoms with Gasteiger partial charge < -0.3 is 19.5 Å². The minimum Gasteiger partial charge on any atom is -0.496 e. The summed E-state index contributed by atoms with van der Waals surface area (Å²) in [5, 5.41) is 9.76. The highest BCUT2D eigenvalue weighted by Crippen LogP contribution is 2.37. The van der Waals surface area contributed by atoms with Crippen LogP contribution in [-0.2, 0) is 16.1 Å². The van der Waals surface area contributed by atoms with Crippen molar-refractivity contribution >= 4 is 46.3 Å². The van der Waals surface area contributed by atoms with E-state index in [2.05, 4.69) is 4.90 Å². The number of morpholine rings is 1. The van der Waals surface area contributed by atoms with E-state index in [1.54, 1.807) is 24.1 Å². The molecule has 2 aliphatic rings. The van der Waals surface area contributed by atoms with E-state index in [0.717, 1.165) is 35.6 Å². The molecule has 0 radical (unpaired) electrons. The normalized spacial score (nSPS) is 17.9. The van der Waals surface area contributed by atoms with Crippen molar-refractivity contribution in [3.63, 3.8) is 0 Å². The number of aliphatic imine (C=N–C) groups is 1. The minimum absolute atomic E-state index is 0.175. The van der Waals surface area contributed by atoms with Crippen molar-refractivity contribution in [3.8, 4) is 5.75 Å². The summed E-state index contributed by atoms with van der Waals surface area (Å²) >= 11 is 1.31. The Bertz CT molecular complexity index is 1380. The number of ether oxygens (including phenoxy) is 2. The van der Waals surface area contributed by atoms with Gasteiger partial charge in [0.25, 0.3) is 5.91 Å². The second-order valence-corrected chi connectivity index (χ2v) is 9.77. The van der Waals surface area contributed by atoms with E-state index in [1.807, 2.05) is 54.6 Å². The number of carbonyl (C=O) groups excluding carboxylic acids is 1. The fraction of sp³-hybridized carbons (Fsp3) is 0.207. The third-order valence-corrected chi connectivity index (χ3v) is 7.30. The highest BCUT2D eigenvalue weighted by atomic mass is 32.2. The van der Waals surface area contributed by atoms with E-state index in [9.17, 15) is 14.7 Å². The number of hydrogen-bond donors (Lipinski definition) is 1. The second kappa shape index (κ2) is 11.5. The van der Waals surface area contributed by atoms with Gasteiger partial charge in [-0.15, -0.1) is 0 Å². The van der Waals surface area contributed by atoms with Crippen LogP contribution in [0.1, 0.15) is 21.5 Å². The monoisotopic (exact) mass is 529 g/mol. The Hall–Kier alpha value is -4.08. The predicted octanol–water partition coefficient (Wildman–Crippen LogP) is 5.03. The molecule has 0 unspecified atom stereocenters. The van der Waals surface area contributed by atoms with Gasteiger partial charge in [-0.25, -0.2) is 9.79 Å². The number of carboxylic acids is 1. The molecule has 3 aromatic rings. The van der Waals surface area contributed by atoms with Gasteiger partial charge in [-0.3, -0.25) is 9.69 Å². The van der Waals surface area contributed by atoms with E-state index < -0.39 is 5.97 Å². The SMILES string of the molecule is COc1cc(N2CCOCC2)ccc1/C=C1\SC(=Nc2ccccc2)N(Cc2ccc(C(=O)O)cc2)C1=O. The topological polar surface area (TPSA) is 91.7 Å². The molecule has 2 aliphatic heterocycles. The summed E-state index contributed by atoms with van der Waals surface area (Å²) in [5.74, 6) is -0.486. The summed E-state index contributed by atoms with van der Waals surface area (Å²) in [6.07, 6.45) is 1.84. The molecule has 3 aromatic carbocycles. The van der Waals surface area contributed by atoms with Crippen molar-refractivity contribution in [1.29, 1.82) is 0 Å². The second-order valence-electron chi connectivity index (χ2n) is 8.76.